The number of nitro groups is 1. The van der Waals surface area contributed by atoms with Gasteiger partial charge < -0.3 is 5.11 Å². The molecule has 1 N–H and O–H groups in total. The first-order valence-electron chi connectivity index (χ1n) is 5.26. The van der Waals surface area contributed by atoms with E-state index >= 15 is 0 Å². The quantitative estimate of drug-likeness (QED) is 0.680. The number of carboxylic acids is 1. The Morgan fingerprint density at radius 1 is 1.11 bits per heavy atom. The molecule has 0 fully saturated rings. The minimum Gasteiger partial charge on any atom is -0.477 e. The van der Waals surface area contributed by atoms with Crippen LogP contribution in [0.2, 0.25) is 0 Å². The molecule has 19 heavy (non-hydrogen) atoms. The van der Waals surface area contributed by atoms with Crippen LogP contribution in [0.25, 0.3) is 11.1 Å². The Hall–Kier alpha value is -2.76. The molecule has 0 atom stereocenters. The van der Waals surface area contributed by atoms with Crippen LogP contribution in [0.1, 0.15) is 10.4 Å². The summed E-state index contributed by atoms with van der Waals surface area (Å²) in [7, 11) is 0. The molecule has 0 aliphatic heterocycles. The lowest BCUT2D eigenvalue weighted by Crippen LogP contribution is -2.02. The van der Waals surface area contributed by atoms with Crippen LogP contribution in [-0.4, -0.2) is 16.0 Å². The molecule has 0 aliphatic rings. The van der Waals surface area contributed by atoms with E-state index in [1.165, 1.54) is 36.4 Å². The van der Waals surface area contributed by atoms with E-state index in [-0.39, 0.29) is 0 Å². The van der Waals surface area contributed by atoms with E-state index in [9.17, 15) is 19.3 Å². The summed E-state index contributed by atoms with van der Waals surface area (Å²) in [6, 6.07) is 9.17. The van der Waals surface area contributed by atoms with Crippen molar-refractivity contribution in [3.63, 3.8) is 0 Å². The van der Waals surface area contributed by atoms with Gasteiger partial charge in [-0.2, -0.15) is 0 Å². The highest BCUT2D eigenvalue weighted by molar-refractivity contribution is 5.94. The van der Waals surface area contributed by atoms with Crippen LogP contribution in [-0.2, 0) is 0 Å². The second-order valence-corrected chi connectivity index (χ2v) is 3.80. The Morgan fingerprint density at radius 3 is 2.21 bits per heavy atom. The van der Waals surface area contributed by atoms with E-state index in [0.717, 1.165) is 6.07 Å². The van der Waals surface area contributed by atoms with Crippen molar-refractivity contribution in [3.8, 4) is 11.1 Å². The summed E-state index contributed by atoms with van der Waals surface area (Å²) >= 11 is 0. The van der Waals surface area contributed by atoms with Crippen molar-refractivity contribution in [1.82, 2.24) is 0 Å². The van der Waals surface area contributed by atoms with Crippen LogP contribution in [0.3, 0.4) is 0 Å². The van der Waals surface area contributed by atoms with E-state index in [0.29, 0.717) is 11.1 Å². The van der Waals surface area contributed by atoms with Gasteiger partial charge in [0.25, 0.3) is 5.69 Å². The highest BCUT2D eigenvalue weighted by atomic mass is 19.1. The average Bonchev–Trinajstić information content (AvgIpc) is 2.38. The van der Waals surface area contributed by atoms with E-state index < -0.39 is 28.0 Å². The Balaban J connectivity index is 2.55. The van der Waals surface area contributed by atoms with Gasteiger partial charge in [-0.05, 0) is 35.4 Å². The molecular weight excluding hydrogens is 253 g/mol. The lowest BCUT2D eigenvalue weighted by atomic mass is 10.0. The zero-order valence-corrected chi connectivity index (χ0v) is 9.54. The van der Waals surface area contributed by atoms with Crippen molar-refractivity contribution in [2.24, 2.45) is 0 Å². The lowest BCUT2D eigenvalue weighted by molar-refractivity contribution is -0.385. The van der Waals surface area contributed by atoms with E-state index in [1.807, 2.05) is 0 Å². The summed E-state index contributed by atoms with van der Waals surface area (Å²) in [5, 5.41) is 19.7. The molecule has 96 valence electrons. The topological polar surface area (TPSA) is 80.4 Å². The second kappa shape index (κ2) is 4.85. The van der Waals surface area contributed by atoms with Gasteiger partial charge in [0, 0.05) is 6.07 Å². The van der Waals surface area contributed by atoms with Crippen molar-refractivity contribution in [2.75, 3.05) is 0 Å². The number of carbonyl (C=O) groups is 1. The van der Waals surface area contributed by atoms with E-state index in [2.05, 4.69) is 0 Å². The highest BCUT2D eigenvalue weighted by Gasteiger charge is 2.20. The Kier molecular flexibility index (Phi) is 3.24. The van der Waals surface area contributed by atoms with Crippen LogP contribution in [0, 0.1) is 15.9 Å². The van der Waals surface area contributed by atoms with Crippen LogP contribution in [0.15, 0.2) is 42.5 Å². The standard InChI is InChI=1S/C13H8FNO4/c14-10-4-1-8(2-5-10)9-3-6-12(15(18)19)11(7-9)13(16)17/h1-7H,(H,16,17). The van der Waals surface area contributed by atoms with Crippen LogP contribution in [0.4, 0.5) is 10.1 Å². The molecule has 5 nitrogen and oxygen atoms in total. The number of benzene rings is 2. The van der Waals surface area contributed by atoms with Crippen molar-refractivity contribution in [3.05, 3.63) is 64.0 Å². The molecule has 2 rings (SSSR count). The van der Waals surface area contributed by atoms with Crippen LogP contribution >= 0.6 is 0 Å². The van der Waals surface area contributed by atoms with Crippen molar-refractivity contribution in [2.45, 2.75) is 0 Å². The van der Waals surface area contributed by atoms with Crippen molar-refractivity contribution >= 4 is 11.7 Å². The van der Waals surface area contributed by atoms with Crippen LogP contribution < -0.4 is 0 Å². The molecule has 0 spiro atoms. The molecule has 0 aromatic heterocycles. The van der Waals surface area contributed by atoms with E-state index in [1.54, 1.807) is 0 Å². The van der Waals surface area contributed by atoms with Gasteiger partial charge in [-0.15, -0.1) is 0 Å². The molecule has 0 saturated carbocycles. The van der Waals surface area contributed by atoms with Gasteiger partial charge in [0.2, 0.25) is 0 Å². The SMILES string of the molecule is O=C(O)c1cc(-c2ccc(F)cc2)ccc1[N+](=O)[O-]. The van der Waals surface area contributed by atoms with Gasteiger partial charge in [-0.3, -0.25) is 10.1 Å². The molecule has 0 radical (unpaired) electrons. The zero-order valence-electron chi connectivity index (χ0n) is 9.54. The molecule has 0 aliphatic carbocycles. The maximum absolute atomic E-state index is 12.8. The Labute approximate surface area is 107 Å². The van der Waals surface area contributed by atoms with Crippen molar-refractivity contribution in [1.29, 1.82) is 0 Å². The van der Waals surface area contributed by atoms with Gasteiger partial charge in [0.1, 0.15) is 11.4 Å². The van der Waals surface area contributed by atoms with Gasteiger partial charge in [-0.25, -0.2) is 9.18 Å². The number of nitro benzene ring substituents is 1. The molecule has 0 amide bonds. The van der Waals surface area contributed by atoms with Gasteiger partial charge >= 0.3 is 5.97 Å². The molecule has 2 aromatic rings. The number of aromatic carboxylic acids is 1. The normalized spacial score (nSPS) is 10.2. The molecule has 0 heterocycles. The predicted octanol–water partition coefficient (Wildman–Crippen LogP) is 3.10. The molecule has 0 unspecified atom stereocenters. The fourth-order valence-electron chi connectivity index (χ4n) is 1.69. The summed E-state index contributed by atoms with van der Waals surface area (Å²) < 4.78 is 12.8. The average molecular weight is 261 g/mol. The number of carboxylic acid groups (broad SMARTS) is 1. The maximum Gasteiger partial charge on any atom is 0.342 e. The maximum atomic E-state index is 12.8. The van der Waals surface area contributed by atoms with Crippen molar-refractivity contribution < 1.29 is 19.2 Å². The predicted molar refractivity (Wildman–Crippen MR) is 65.4 cm³/mol. The number of hydrogen-bond acceptors (Lipinski definition) is 3. The van der Waals surface area contributed by atoms with Gasteiger partial charge in [0.15, 0.2) is 0 Å². The number of hydrogen-bond donors (Lipinski definition) is 1. The molecule has 0 saturated heterocycles. The third-order valence-corrected chi connectivity index (χ3v) is 2.60. The first-order valence-corrected chi connectivity index (χ1v) is 5.26. The minimum absolute atomic E-state index is 0.396. The lowest BCUT2D eigenvalue weighted by Gasteiger charge is -2.04. The first-order chi connectivity index (χ1) is 8.99. The third kappa shape index (κ3) is 2.57. The Morgan fingerprint density at radius 2 is 1.68 bits per heavy atom. The molecular formula is C13H8FNO4. The Bertz CT molecular complexity index is 652. The first kappa shape index (κ1) is 12.7. The third-order valence-electron chi connectivity index (χ3n) is 2.60. The smallest absolute Gasteiger partial charge is 0.342 e. The summed E-state index contributed by atoms with van der Waals surface area (Å²) in [5.74, 6) is -1.79. The zero-order chi connectivity index (χ0) is 14.0. The fourth-order valence-corrected chi connectivity index (χ4v) is 1.69. The molecule has 2 aromatic carbocycles. The fraction of sp³-hybridized carbons (Fsp3) is 0. The van der Waals surface area contributed by atoms with Gasteiger partial charge in [-0.1, -0.05) is 12.1 Å². The summed E-state index contributed by atoms with van der Waals surface area (Å²) in [4.78, 5) is 21.0. The molecule has 0 bridgehead atoms. The van der Waals surface area contributed by atoms with Gasteiger partial charge in [0.05, 0.1) is 4.92 Å². The number of rotatable bonds is 3. The van der Waals surface area contributed by atoms with Crippen LogP contribution in [0.5, 0.6) is 0 Å². The van der Waals surface area contributed by atoms with E-state index in [4.69, 9.17) is 5.11 Å². The summed E-state index contributed by atoms with van der Waals surface area (Å²) in [6.45, 7) is 0. The monoisotopic (exact) mass is 261 g/mol. The largest absolute Gasteiger partial charge is 0.477 e. The number of halogens is 1. The second-order valence-electron chi connectivity index (χ2n) is 3.80. The highest BCUT2D eigenvalue weighted by Crippen LogP contribution is 2.26. The number of nitrogens with zero attached hydrogens (tertiary/aromatic N) is 1. The molecule has 6 heteroatoms. The summed E-state index contributed by atoms with van der Waals surface area (Å²) in [6.07, 6.45) is 0. The summed E-state index contributed by atoms with van der Waals surface area (Å²) in [5.41, 5.74) is 0.187. The minimum atomic E-state index is -1.38.